The SMILES string of the molecule is CC[C@H]1OC(=O)[C@H](C)C(=O)[C@H](C)[C@@H](O[C@@H]2O[C@H](C)C[C@H](N(C)CCc3cn(CCCOc4ccc([N+](=O)[O-])cc4)nn3)[C@H]2O)[C@](C)(OC)C[C@@H](C)C(=NO[C@@H]2CCNC2)[C@H](C)[C@@H](O)[C@]1(C)O. The van der Waals surface area contributed by atoms with E-state index in [1.165, 1.54) is 33.1 Å². The number of nitrogens with zero attached hydrogens (tertiary/aromatic N) is 6. The molecule has 4 N–H and O–H groups in total. The smallest absolute Gasteiger partial charge is 0.316 e. The van der Waals surface area contributed by atoms with Gasteiger partial charge in [-0.1, -0.05) is 38.1 Å². The fourth-order valence-corrected chi connectivity index (χ4v) is 9.49. The Bertz CT molecular complexity index is 1930. The molecule has 4 heterocycles. The Kier molecular flexibility index (Phi) is 18.6. The molecular formula is C46H73N7O13. The molecule has 0 aliphatic carbocycles. The van der Waals surface area contributed by atoms with Crippen molar-refractivity contribution in [3.05, 3.63) is 46.3 Å². The third-order valence-electron chi connectivity index (χ3n) is 13.7. The number of carbonyl (C=O) groups excluding carboxylic acids is 2. The van der Waals surface area contributed by atoms with E-state index in [1.54, 1.807) is 44.5 Å². The van der Waals surface area contributed by atoms with E-state index in [0.29, 0.717) is 57.0 Å². The van der Waals surface area contributed by atoms with Crippen molar-refractivity contribution in [1.29, 1.82) is 0 Å². The van der Waals surface area contributed by atoms with E-state index in [0.717, 1.165) is 18.7 Å². The minimum atomic E-state index is -1.92. The van der Waals surface area contributed by atoms with Crippen LogP contribution in [0.5, 0.6) is 5.75 Å². The number of aliphatic hydroxyl groups excluding tert-OH is 2. The summed E-state index contributed by atoms with van der Waals surface area (Å²) in [6.45, 7) is 16.4. The third kappa shape index (κ3) is 12.9. The van der Waals surface area contributed by atoms with E-state index in [1.807, 2.05) is 32.0 Å². The minimum absolute atomic E-state index is 0.00270. The highest BCUT2D eigenvalue weighted by molar-refractivity contribution is 6.00. The molecule has 3 aliphatic heterocycles. The third-order valence-corrected chi connectivity index (χ3v) is 13.7. The van der Waals surface area contributed by atoms with Crippen LogP contribution in [0.2, 0.25) is 0 Å². The molecule has 0 amide bonds. The fourth-order valence-electron chi connectivity index (χ4n) is 9.49. The van der Waals surface area contributed by atoms with Crippen LogP contribution < -0.4 is 10.1 Å². The first-order chi connectivity index (χ1) is 31.2. The van der Waals surface area contributed by atoms with E-state index in [2.05, 4.69) is 20.8 Å². The van der Waals surface area contributed by atoms with Crippen LogP contribution in [0, 0.1) is 33.8 Å². The Labute approximate surface area is 387 Å². The molecule has 0 radical (unpaired) electrons. The molecular weight excluding hydrogens is 859 g/mol. The Morgan fingerprint density at radius 1 is 1.11 bits per heavy atom. The maximum Gasteiger partial charge on any atom is 0.316 e. The second-order valence-electron chi connectivity index (χ2n) is 18.9. The molecule has 2 aromatic rings. The first-order valence-electron chi connectivity index (χ1n) is 23.3. The molecule has 66 heavy (non-hydrogen) atoms. The lowest BCUT2D eigenvalue weighted by molar-refractivity contribution is -0.384. The van der Waals surface area contributed by atoms with Crippen molar-refractivity contribution in [1.82, 2.24) is 25.2 Å². The molecule has 14 atom stereocenters. The summed E-state index contributed by atoms with van der Waals surface area (Å²) in [6, 6.07) is 5.51. The van der Waals surface area contributed by atoms with Crippen LogP contribution in [0.4, 0.5) is 5.69 Å². The predicted octanol–water partition coefficient (Wildman–Crippen LogP) is 3.47. The number of esters is 1. The average Bonchev–Trinajstić information content (AvgIpc) is 4.00. The Morgan fingerprint density at radius 3 is 2.45 bits per heavy atom. The Morgan fingerprint density at radius 2 is 1.82 bits per heavy atom. The van der Waals surface area contributed by atoms with Gasteiger partial charge in [-0.3, -0.25) is 24.4 Å². The van der Waals surface area contributed by atoms with Crippen molar-refractivity contribution in [3.63, 3.8) is 0 Å². The molecule has 1 aromatic carbocycles. The van der Waals surface area contributed by atoms with Crippen LogP contribution in [-0.4, -0.2) is 158 Å². The first-order valence-corrected chi connectivity index (χ1v) is 23.3. The summed E-state index contributed by atoms with van der Waals surface area (Å²) in [5, 5.41) is 63.1. The maximum absolute atomic E-state index is 14.4. The fraction of sp³-hybridized carbons (Fsp3) is 0.761. The van der Waals surface area contributed by atoms with Gasteiger partial charge in [0.2, 0.25) is 0 Å². The molecule has 0 bridgehead atoms. The lowest BCUT2D eigenvalue weighted by Crippen LogP contribution is -2.60. The number of likely N-dealkylation sites (N-methyl/N-ethyl adjacent to an activating group) is 1. The maximum atomic E-state index is 14.4. The Balaban J connectivity index is 1.32. The van der Waals surface area contributed by atoms with E-state index < -0.39 is 88.3 Å². The number of benzene rings is 1. The van der Waals surface area contributed by atoms with Crippen LogP contribution in [0.25, 0.3) is 0 Å². The molecule has 20 heteroatoms. The Hall–Kier alpha value is -4.15. The molecule has 0 saturated carbocycles. The number of carbonyl (C=O) groups is 2. The first kappa shape index (κ1) is 52.8. The minimum Gasteiger partial charge on any atom is -0.494 e. The number of methoxy groups -OCH3 is 1. The van der Waals surface area contributed by atoms with Crippen molar-refractivity contribution < 1.29 is 58.4 Å². The van der Waals surface area contributed by atoms with Gasteiger partial charge in [-0.05, 0) is 72.7 Å². The van der Waals surface area contributed by atoms with E-state index in [-0.39, 0.29) is 30.7 Å². The molecule has 3 fully saturated rings. The molecule has 3 saturated heterocycles. The number of aryl methyl sites for hydroxylation is 1. The second kappa shape index (κ2) is 23.2. The van der Waals surface area contributed by atoms with Gasteiger partial charge in [-0.15, -0.1) is 5.10 Å². The van der Waals surface area contributed by atoms with Crippen molar-refractivity contribution in [2.75, 3.05) is 40.4 Å². The summed E-state index contributed by atoms with van der Waals surface area (Å²) in [5.74, 6) is -4.32. The number of hydrogen-bond acceptors (Lipinski definition) is 18. The molecule has 1 aromatic heterocycles. The highest BCUT2D eigenvalue weighted by atomic mass is 16.7. The number of oxime groups is 1. The zero-order chi connectivity index (χ0) is 48.5. The number of cyclic esters (lactones) is 1. The molecule has 3 aliphatic rings. The lowest BCUT2D eigenvalue weighted by Gasteiger charge is -2.47. The number of nitro benzene ring substituents is 1. The van der Waals surface area contributed by atoms with Crippen molar-refractivity contribution in [3.8, 4) is 5.75 Å². The largest absolute Gasteiger partial charge is 0.494 e. The number of aromatic nitrogens is 3. The molecule has 5 rings (SSSR count). The van der Waals surface area contributed by atoms with Crippen molar-refractivity contribution in [2.45, 2.75) is 161 Å². The van der Waals surface area contributed by atoms with Crippen molar-refractivity contribution >= 4 is 23.2 Å². The number of non-ortho nitro benzene ring substituents is 1. The normalized spacial score (nSPS) is 35.7. The standard InChI is InChI=1S/C46H73N7O13/c1-11-37-46(8,58)41(56)29(4)38(49-66-35-17-19-47-25-35)27(2)24-45(7,61-10)42(30(5)39(54)31(6)43(57)64-37)65-44-40(55)36(23-28(3)63-44)51(9)21-18-32-26-52(50-48-32)20-12-22-62-34-15-13-33(14-16-34)53(59)60/h13-16,26-31,35-37,40-42,44,47,55-56,58H,11-12,17-25H2,1-10H3/t27-,28-,29+,30+,31-,35-,36+,37-,40-,41-,42-,44+,45-,46-/m1/s1. The number of nitrogens with one attached hydrogen (secondary N) is 1. The topological polar surface area (TPSA) is 252 Å². The van der Waals surface area contributed by atoms with Gasteiger partial charge >= 0.3 is 5.97 Å². The lowest BCUT2D eigenvalue weighted by atomic mass is 9.74. The van der Waals surface area contributed by atoms with Gasteiger partial charge in [-0.25, -0.2) is 0 Å². The summed E-state index contributed by atoms with van der Waals surface area (Å²) < 4.78 is 32.7. The summed E-state index contributed by atoms with van der Waals surface area (Å²) in [4.78, 5) is 46.6. The van der Waals surface area contributed by atoms with Crippen LogP contribution in [-0.2, 0) is 46.3 Å². The predicted molar refractivity (Wildman–Crippen MR) is 241 cm³/mol. The van der Waals surface area contributed by atoms with Gasteiger partial charge in [0.25, 0.3) is 5.69 Å². The summed E-state index contributed by atoms with van der Waals surface area (Å²) >= 11 is 0. The van der Waals surface area contributed by atoms with Crippen molar-refractivity contribution in [2.24, 2.45) is 28.8 Å². The van der Waals surface area contributed by atoms with Gasteiger partial charge in [0.05, 0.1) is 46.8 Å². The van der Waals surface area contributed by atoms with Crippen LogP contribution in [0.15, 0.2) is 35.6 Å². The number of Topliss-reactive ketones (excluding diaryl/α,β-unsaturated/α-hetero) is 1. The van der Waals surface area contributed by atoms with Gasteiger partial charge in [0.1, 0.15) is 35.6 Å². The number of rotatable bonds is 16. The van der Waals surface area contributed by atoms with Gasteiger partial charge in [-0.2, -0.15) is 0 Å². The molecule has 0 unspecified atom stereocenters. The van der Waals surface area contributed by atoms with E-state index in [4.69, 9.17) is 28.5 Å². The van der Waals surface area contributed by atoms with Gasteiger partial charge in [0.15, 0.2) is 12.1 Å². The number of ketones is 1. The number of nitro groups is 1. The highest BCUT2D eigenvalue weighted by Gasteiger charge is 2.52. The number of hydrogen-bond donors (Lipinski definition) is 4. The second-order valence-corrected chi connectivity index (χ2v) is 18.9. The monoisotopic (exact) mass is 932 g/mol. The number of aliphatic hydroxyl groups is 3. The number of ether oxygens (including phenoxy) is 5. The zero-order valence-corrected chi connectivity index (χ0v) is 40.2. The van der Waals surface area contributed by atoms with Crippen LogP contribution in [0.3, 0.4) is 0 Å². The van der Waals surface area contributed by atoms with E-state index in [9.17, 15) is 35.0 Å². The van der Waals surface area contributed by atoms with Gasteiger partial charge in [0, 0.05) is 88.1 Å². The summed E-state index contributed by atoms with van der Waals surface area (Å²) in [6.07, 6.45) is -1.98. The van der Waals surface area contributed by atoms with Gasteiger partial charge < -0.3 is 54.1 Å². The summed E-state index contributed by atoms with van der Waals surface area (Å²) in [7, 11) is 3.42. The highest BCUT2D eigenvalue weighted by Crippen LogP contribution is 2.39. The molecule has 20 nitrogen and oxygen atoms in total. The average molecular weight is 932 g/mol. The molecule has 0 spiro atoms. The van der Waals surface area contributed by atoms with E-state index >= 15 is 0 Å². The van der Waals surface area contributed by atoms with Crippen LogP contribution in [0.1, 0.15) is 93.2 Å². The quantitative estimate of drug-likeness (QED) is 0.0618. The van der Waals surface area contributed by atoms with Crippen LogP contribution >= 0.6 is 0 Å². The summed E-state index contributed by atoms with van der Waals surface area (Å²) in [5.41, 5.74) is -1.99. The molecule has 370 valence electrons. The zero-order valence-electron chi connectivity index (χ0n) is 40.2.